The molecule has 9 heteroatoms. The van der Waals surface area contributed by atoms with Gasteiger partial charge in [0.25, 0.3) is 0 Å². The Kier molecular flexibility index (Phi) is 5.60. The van der Waals surface area contributed by atoms with Crippen molar-refractivity contribution in [1.29, 1.82) is 0 Å². The van der Waals surface area contributed by atoms with Crippen LogP contribution in [0.15, 0.2) is 42.6 Å². The van der Waals surface area contributed by atoms with E-state index in [2.05, 4.69) is 25.8 Å². The molecule has 134 valence electrons. The Labute approximate surface area is 160 Å². The highest BCUT2D eigenvalue weighted by molar-refractivity contribution is 6.43. The SMILES string of the molecule is COc1ccc(Nc2nncc(Nc3cccc(Cl)c3Cl)n2)cc1OC. The molecule has 0 atom stereocenters. The molecule has 0 amide bonds. The maximum absolute atomic E-state index is 6.17. The third-order valence-electron chi connectivity index (χ3n) is 3.41. The number of nitrogens with one attached hydrogen (secondary N) is 2. The number of anilines is 4. The number of rotatable bonds is 6. The fourth-order valence-corrected chi connectivity index (χ4v) is 2.55. The van der Waals surface area contributed by atoms with Gasteiger partial charge in [0.2, 0.25) is 5.95 Å². The minimum atomic E-state index is 0.306. The highest BCUT2D eigenvalue weighted by atomic mass is 35.5. The Morgan fingerprint density at radius 3 is 2.54 bits per heavy atom. The molecule has 3 aromatic rings. The summed E-state index contributed by atoms with van der Waals surface area (Å²) in [6.45, 7) is 0. The minimum absolute atomic E-state index is 0.306. The van der Waals surface area contributed by atoms with Gasteiger partial charge in [-0.25, -0.2) is 0 Å². The molecule has 0 aliphatic heterocycles. The zero-order chi connectivity index (χ0) is 18.5. The van der Waals surface area contributed by atoms with Gasteiger partial charge in [-0.1, -0.05) is 29.3 Å². The molecule has 2 N–H and O–H groups in total. The summed E-state index contributed by atoms with van der Waals surface area (Å²) in [5.74, 6) is 1.99. The second kappa shape index (κ2) is 8.07. The van der Waals surface area contributed by atoms with Crippen LogP contribution >= 0.6 is 23.2 Å². The highest BCUT2D eigenvalue weighted by Gasteiger charge is 2.09. The first-order valence-electron chi connectivity index (χ1n) is 7.50. The van der Waals surface area contributed by atoms with Crippen molar-refractivity contribution in [2.45, 2.75) is 0 Å². The Bertz CT molecular complexity index is 923. The number of halogens is 2. The molecule has 0 radical (unpaired) electrons. The van der Waals surface area contributed by atoms with Gasteiger partial charge in [0.1, 0.15) is 0 Å². The van der Waals surface area contributed by atoms with Gasteiger partial charge in [0.05, 0.1) is 36.1 Å². The molecule has 0 bridgehead atoms. The lowest BCUT2D eigenvalue weighted by atomic mass is 10.3. The van der Waals surface area contributed by atoms with E-state index in [-0.39, 0.29) is 0 Å². The molecule has 0 spiro atoms. The average molecular weight is 392 g/mol. The zero-order valence-corrected chi connectivity index (χ0v) is 15.5. The van der Waals surface area contributed by atoms with Crippen LogP contribution in [0.4, 0.5) is 23.1 Å². The van der Waals surface area contributed by atoms with Crippen LogP contribution in [0, 0.1) is 0 Å². The fraction of sp³-hybridized carbons (Fsp3) is 0.118. The summed E-state index contributed by atoms with van der Waals surface area (Å²) in [7, 11) is 3.15. The fourth-order valence-electron chi connectivity index (χ4n) is 2.20. The molecule has 0 saturated heterocycles. The molecule has 0 fully saturated rings. The third kappa shape index (κ3) is 4.07. The van der Waals surface area contributed by atoms with Crippen molar-refractivity contribution in [3.05, 3.63) is 52.6 Å². The predicted octanol–water partition coefficient (Wildman–Crippen LogP) is 4.68. The van der Waals surface area contributed by atoms with E-state index in [4.69, 9.17) is 32.7 Å². The van der Waals surface area contributed by atoms with E-state index in [1.165, 1.54) is 6.20 Å². The van der Waals surface area contributed by atoms with Crippen LogP contribution in [-0.4, -0.2) is 29.4 Å². The lowest BCUT2D eigenvalue weighted by molar-refractivity contribution is 0.355. The quantitative estimate of drug-likeness (QED) is 0.630. The molecule has 26 heavy (non-hydrogen) atoms. The van der Waals surface area contributed by atoms with Gasteiger partial charge in [0.15, 0.2) is 17.3 Å². The maximum atomic E-state index is 6.17. The predicted molar refractivity (Wildman–Crippen MR) is 102 cm³/mol. The van der Waals surface area contributed by atoms with Crippen molar-refractivity contribution in [2.24, 2.45) is 0 Å². The van der Waals surface area contributed by atoms with Crippen LogP contribution in [0.25, 0.3) is 0 Å². The van der Waals surface area contributed by atoms with E-state index in [1.54, 1.807) is 44.6 Å². The Morgan fingerprint density at radius 2 is 1.77 bits per heavy atom. The monoisotopic (exact) mass is 391 g/mol. The number of methoxy groups -OCH3 is 2. The van der Waals surface area contributed by atoms with Crippen LogP contribution in [0.5, 0.6) is 11.5 Å². The molecule has 0 aliphatic carbocycles. The minimum Gasteiger partial charge on any atom is -0.493 e. The third-order valence-corrected chi connectivity index (χ3v) is 4.23. The van der Waals surface area contributed by atoms with Crippen molar-refractivity contribution in [2.75, 3.05) is 24.9 Å². The molecule has 0 saturated carbocycles. The first-order chi connectivity index (χ1) is 12.6. The zero-order valence-electron chi connectivity index (χ0n) is 14.0. The number of hydrogen-bond donors (Lipinski definition) is 2. The van der Waals surface area contributed by atoms with E-state index in [1.807, 2.05) is 6.07 Å². The summed E-state index contributed by atoms with van der Waals surface area (Å²) in [6, 6.07) is 10.7. The van der Waals surface area contributed by atoms with Crippen LogP contribution in [0.1, 0.15) is 0 Å². The van der Waals surface area contributed by atoms with E-state index in [0.717, 1.165) is 5.69 Å². The van der Waals surface area contributed by atoms with Gasteiger partial charge >= 0.3 is 0 Å². The lowest BCUT2D eigenvalue weighted by Gasteiger charge is -2.11. The standard InChI is InChI=1S/C17H15Cl2N5O2/c1-25-13-7-6-10(8-14(13)26-2)21-17-23-15(9-20-24-17)22-12-5-3-4-11(18)16(12)19/h3-9H,1-2H3,(H2,21,22,23,24). The molecule has 3 rings (SSSR count). The van der Waals surface area contributed by atoms with Crippen molar-refractivity contribution in [3.8, 4) is 11.5 Å². The number of nitrogens with zero attached hydrogens (tertiary/aromatic N) is 3. The summed E-state index contributed by atoms with van der Waals surface area (Å²) in [5.41, 5.74) is 1.35. The molecule has 0 aliphatic rings. The van der Waals surface area contributed by atoms with Crippen LogP contribution in [-0.2, 0) is 0 Å². The largest absolute Gasteiger partial charge is 0.493 e. The smallest absolute Gasteiger partial charge is 0.249 e. The van der Waals surface area contributed by atoms with E-state index < -0.39 is 0 Å². The van der Waals surface area contributed by atoms with Crippen LogP contribution in [0.3, 0.4) is 0 Å². The van der Waals surface area contributed by atoms with Gasteiger partial charge in [-0.2, -0.15) is 10.1 Å². The summed E-state index contributed by atoms with van der Waals surface area (Å²) >= 11 is 12.2. The topological polar surface area (TPSA) is 81.2 Å². The Balaban J connectivity index is 1.80. The number of hydrogen-bond acceptors (Lipinski definition) is 7. The molecule has 0 unspecified atom stereocenters. The summed E-state index contributed by atoms with van der Waals surface area (Å²) in [4.78, 5) is 4.36. The van der Waals surface area contributed by atoms with E-state index in [0.29, 0.717) is 39.0 Å². The van der Waals surface area contributed by atoms with Gasteiger partial charge in [-0.05, 0) is 24.3 Å². The van der Waals surface area contributed by atoms with Crippen LogP contribution < -0.4 is 20.1 Å². The maximum Gasteiger partial charge on any atom is 0.249 e. The first-order valence-corrected chi connectivity index (χ1v) is 8.26. The molecule has 1 heterocycles. The van der Waals surface area contributed by atoms with E-state index in [9.17, 15) is 0 Å². The van der Waals surface area contributed by atoms with Crippen molar-refractivity contribution in [3.63, 3.8) is 0 Å². The first kappa shape index (κ1) is 18.0. The van der Waals surface area contributed by atoms with Crippen molar-refractivity contribution < 1.29 is 9.47 Å². The van der Waals surface area contributed by atoms with Gasteiger partial charge in [-0.3, -0.25) is 0 Å². The summed E-state index contributed by atoms with van der Waals surface area (Å²) in [5, 5.41) is 14.9. The summed E-state index contributed by atoms with van der Waals surface area (Å²) in [6.07, 6.45) is 1.48. The second-order valence-electron chi connectivity index (χ2n) is 5.09. The van der Waals surface area contributed by atoms with Crippen molar-refractivity contribution in [1.82, 2.24) is 15.2 Å². The Morgan fingerprint density at radius 1 is 0.962 bits per heavy atom. The highest BCUT2D eigenvalue weighted by Crippen LogP contribution is 2.32. The normalized spacial score (nSPS) is 10.3. The average Bonchev–Trinajstić information content (AvgIpc) is 2.65. The Hall–Kier alpha value is -2.77. The molecular weight excluding hydrogens is 377 g/mol. The molecule has 1 aromatic heterocycles. The number of benzene rings is 2. The van der Waals surface area contributed by atoms with Crippen molar-refractivity contribution >= 4 is 46.3 Å². The van der Waals surface area contributed by atoms with E-state index >= 15 is 0 Å². The molecular formula is C17H15Cl2N5O2. The summed E-state index contributed by atoms with van der Waals surface area (Å²) < 4.78 is 10.5. The number of ether oxygens (including phenoxy) is 2. The number of aromatic nitrogens is 3. The second-order valence-corrected chi connectivity index (χ2v) is 5.87. The molecule has 2 aromatic carbocycles. The van der Waals surface area contributed by atoms with Crippen LogP contribution in [0.2, 0.25) is 10.0 Å². The van der Waals surface area contributed by atoms with Gasteiger partial charge in [0, 0.05) is 11.8 Å². The van der Waals surface area contributed by atoms with Gasteiger partial charge < -0.3 is 20.1 Å². The van der Waals surface area contributed by atoms with Gasteiger partial charge in [-0.15, -0.1) is 5.10 Å². The molecule has 7 nitrogen and oxygen atoms in total. The lowest BCUT2D eigenvalue weighted by Crippen LogP contribution is -2.03.